The summed E-state index contributed by atoms with van der Waals surface area (Å²) in [6, 6.07) is 6.90. The molecule has 1 aromatic rings. The molecular weight excluding hydrogens is 270 g/mol. The zero-order valence-electron chi connectivity index (χ0n) is 11.0. The normalized spacial score (nSPS) is 15.3. The monoisotopic (exact) mass is 289 g/mol. The minimum Gasteiger partial charge on any atom is -0.211 e. The molecular formula is C13H20ClNO2S. The first-order valence-electron chi connectivity index (χ1n) is 6.12. The predicted molar refractivity (Wildman–Crippen MR) is 75.7 cm³/mol. The van der Waals surface area contributed by atoms with Crippen molar-refractivity contribution < 1.29 is 8.42 Å². The molecule has 5 heteroatoms. The van der Waals surface area contributed by atoms with E-state index in [1.807, 2.05) is 32.9 Å². The van der Waals surface area contributed by atoms with Crippen molar-refractivity contribution in [1.82, 2.24) is 4.72 Å². The van der Waals surface area contributed by atoms with Crippen LogP contribution in [0.5, 0.6) is 0 Å². The zero-order chi connectivity index (χ0) is 13.8. The summed E-state index contributed by atoms with van der Waals surface area (Å²) in [5, 5.41) is 0.0191. The molecule has 0 aliphatic heterocycles. The Hall–Kier alpha value is -0.580. The summed E-state index contributed by atoms with van der Waals surface area (Å²) in [5.74, 6) is 0.201. The van der Waals surface area contributed by atoms with Crippen LogP contribution in [0.2, 0.25) is 0 Å². The van der Waals surface area contributed by atoms with Crippen LogP contribution in [0.15, 0.2) is 29.2 Å². The zero-order valence-corrected chi connectivity index (χ0v) is 12.6. The summed E-state index contributed by atoms with van der Waals surface area (Å²) in [7, 11) is -3.37. The molecule has 0 aliphatic carbocycles. The van der Waals surface area contributed by atoms with Gasteiger partial charge in [0.05, 0.1) is 4.90 Å². The van der Waals surface area contributed by atoms with Crippen molar-refractivity contribution >= 4 is 21.6 Å². The average Bonchev–Trinajstić information content (AvgIpc) is 2.35. The van der Waals surface area contributed by atoms with Crippen LogP contribution in [-0.2, 0) is 10.0 Å². The second-order valence-corrected chi connectivity index (χ2v) is 6.89. The summed E-state index contributed by atoms with van der Waals surface area (Å²) in [5.41, 5.74) is 1.05. The van der Waals surface area contributed by atoms with Gasteiger partial charge in [-0.3, -0.25) is 0 Å². The van der Waals surface area contributed by atoms with Crippen molar-refractivity contribution in [2.45, 2.75) is 43.4 Å². The Morgan fingerprint density at radius 1 is 1.22 bits per heavy atom. The Bertz CT molecular complexity index is 468. The van der Waals surface area contributed by atoms with Gasteiger partial charge in [0.15, 0.2) is 0 Å². The Morgan fingerprint density at radius 3 is 2.22 bits per heavy atom. The van der Waals surface area contributed by atoms with Gasteiger partial charge in [0.1, 0.15) is 0 Å². The molecule has 0 bridgehead atoms. The number of hydrogen-bond acceptors (Lipinski definition) is 2. The number of rotatable bonds is 6. The Labute approximate surface area is 115 Å². The lowest BCUT2D eigenvalue weighted by atomic mass is 9.99. The van der Waals surface area contributed by atoms with Gasteiger partial charge in [0.25, 0.3) is 0 Å². The maximum absolute atomic E-state index is 11.9. The first kappa shape index (κ1) is 15.5. The quantitative estimate of drug-likeness (QED) is 0.818. The van der Waals surface area contributed by atoms with Gasteiger partial charge in [0, 0.05) is 11.9 Å². The topological polar surface area (TPSA) is 46.2 Å². The van der Waals surface area contributed by atoms with E-state index < -0.39 is 10.0 Å². The van der Waals surface area contributed by atoms with Crippen molar-refractivity contribution in [2.75, 3.05) is 6.54 Å². The van der Waals surface area contributed by atoms with E-state index in [0.29, 0.717) is 11.4 Å². The van der Waals surface area contributed by atoms with E-state index in [-0.39, 0.29) is 11.3 Å². The van der Waals surface area contributed by atoms with E-state index in [9.17, 15) is 8.42 Å². The maximum Gasteiger partial charge on any atom is 0.240 e. The molecule has 1 N–H and O–H groups in total. The van der Waals surface area contributed by atoms with Gasteiger partial charge in [-0.1, -0.05) is 26.0 Å². The van der Waals surface area contributed by atoms with Gasteiger partial charge >= 0.3 is 0 Å². The fourth-order valence-corrected chi connectivity index (χ4v) is 2.81. The summed E-state index contributed by atoms with van der Waals surface area (Å²) in [4.78, 5) is 0.300. The van der Waals surface area contributed by atoms with Gasteiger partial charge in [0.2, 0.25) is 10.0 Å². The highest BCUT2D eigenvalue weighted by molar-refractivity contribution is 7.89. The summed E-state index contributed by atoms with van der Waals surface area (Å²) < 4.78 is 26.3. The Kier molecular flexibility index (Phi) is 5.63. The van der Waals surface area contributed by atoms with Crippen LogP contribution in [0.25, 0.3) is 0 Å². The minimum absolute atomic E-state index is 0.0191. The number of benzene rings is 1. The molecule has 0 heterocycles. The molecule has 102 valence electrons. The van der Waals surface area contributed by atoms with Crippen LogP contribution in [0.1, 0.15) is 38.7 Å². The number of hydrogen-bond donors (Lipinski definition) is 1. The molecule has 0 radical (unpaired) electrons. The molecule has 3 nitrogen and oxygen atoms in total. The molecule has 1 rings (SSSR count). The number of nitrogens with one attached hydrogen (secondary N) is 1. The second-order valence-electron chi connectivity index (χ2n) is 4.43. The molecule has 2 unspecified atom stereocenters. The molecule has 0 fully saturated rings. The van der Waals surface area contributed by atoms with Crippen molar-refractivity contribution in [3.05, 3.63) is 29.8 Å². The lowest BCUT2D eigenvalue weighted by Crippen LogP contribution is -2.24. The van der Waals surface area contributed by atoms with E-state index in [2.05, 4.69) is 4.72 Å². The summed E-state index contributed by atoms with van der Waals surface area (Å²) in [6.45, 7) is 6.34. The van der Waals surface area contributed by atoms with E-state index >= 15 is 0 Å². The summed E-state index contributed by atoms with van der Waals surface area (Å²) >= 11 is 6.03. The number of sulfonamides is 1. The molecule has 0 saturated heterocycles. The van der Waals surface area contributed by atoms with Crippen LogP contribution < -0.4 is 4.72 Å². The van der Waals surface area contributed by atoms with Crippen molar-refractivity contribution in [1.29, 1.82) is 0 Å². The van der Waals surface area contributed by atoms with Gasteiger partial charge in [-0.25, -0.2) is 13.1 Å². The molecule has 18 heavy (non-hydrogen) atoms. The van der Waals surface area contributed by atoms with Gasteiger partial charge in [-0.2, -0.15) is 0 Å². The Morgan fingerprint density at radius 2 is 1.78 bits per heavy atom. The van der Waals surface area contributed by atoms with Crippen LogP contribution in [0, 0.1) is 0 Å². The first-order chi connectivity index (χ1) is 8.38. The largest absolute Gasteiger partial charge is 0.240 e. The van der Waals surface area contributed by atoms with Gasteiger partial charge < -0.3 is 0 Å². The van der Waals surface area contributed by atoms with E-state index in [0.717, 1.165) is 12.0 Å². The number of alkyl halides is 1. The fourth-order valence-electron chi connectivity index (χ4n) is 1.54. The highest BCUT2D eigenvalue weighted by atomic mass is 35.5. The first-order valence-corrected chi connectivity index (χ1v) is 8.04. The van der Waals surface area contributed by atoms with Crippen LogP contribution in [0.3, 0.4) is 0 Å². The molecule has 0 saturated carbocycles. The highest BCUT2D eigenvalue weighted by Crippen LogP contribution is 2.23. The Balaban J connectivity index is 2.89. The molecule has 0 amide bonds. The van der Waals surface area contributed by atoms with Crippen molar-refractivity contribution in [3.8, 4) is 0 Å². The molecule has 0 spiro atoms. The van der Waals surface area contributed by atoms with Crippen LogP contribution in [0.4, 0.5) is 0 Å². The average molecular weight is 290 g/mol. The summed E-state index contributed by atoms with van der Waals surface area (Å²) in [6.07, 6.45) is 0.776. The van der Waals surface area contributed by atoms with E-state index in [1.54, 1.807) is 12.1 Å². The third-order valence-corrected chi connectivity index (χ3v) is 4.80. The highest BCUT2D eigenvalue weighted by Gasteiger charge is 2.15. The fraction of sp³-hybridized carbons (Fsp3) is 0.538. The third kappa shape index (κ3) is 3.97. The lowest BCUT2D eigenvalue weighted by Gasteiger charge is -2.14. The molecule has 0 aromatic heterocycles. The van der Waals surface area contributed by atoms with E-state index in [1.165, 1.54) is 0 Å². The lowest BCUT2D eigenvalue weighted by molar-refractivity contribution is 0.580. The van der Waals surface area contributed by atoms with Crippen molar-refractivity contribution in [3.63, 3.8) is 0 Å². The second kappa shape index (κ2) is 6.55. The minimum atomic E-state index is -3.37. The van der Waals surface area contributed by atoms with Crippen LogP contribution in [-0.4, -0.2) is 20.3 Å². The SMILES string of the molecule is CCCNS(=O)(=O)c1ccc(C(C)C(C)Cl)cc1. The molecule has 2 atom stereocenters. The van der Waals surface area contributed by atoms with Crippen molar-refractivity contribution in [2.24, 2.45) is 0 Å². The molecule has 1 aromatic carbocycles. The maximum atomic E-state index is 11.9. The van der Waals surface area contributed by atoms with E-state index in [4.69, 9.17) is 11.6 Å². The van der Waals surface area contributed by atoms with Gasteiger partial charge in [-0.15, -0.1) is 11.6 Å². The van der Waals surface area contributed by atoms with Gasteiger partial charge in [-0.05, 0) is 37.0 Å². The smallest absolute Gasteiger partial charge is 0.211 e. The molecule has 0 aliphatic rings. The van der Waals surface area contributed by atoms with Crippen LogP contribution >= 0.6 is 11.6 Å². The third-order valence-electron chi connectivity index (χ3n) is 2.95. The predicted octanol–water partition coefficient (Wildman–Crippen LogP) is 3.11. The number of halogens is 1. The standard InChI is InChI=1S/C13H20ClNO2S/c1-4-9-15-18(16,17)13-7-5-12(6-8-13)10(2)11(3)14/h5-8,10-11,15H,4,9H2,1-3H3.